The van der Waals surface area contributed by atoms with Crippen LogP contribution in [0.3, 0.4) is 0 Å². The molecule has 0 saturated heterocycles. The van der Waals surface area contributed by atoms with Gasteiger partial charge in [0.2, 0.25) is 0 Å². The zero-order valence-electron chi connectivity index (χ0n) is 16.0. The van der Waals surface area contributed by atoms with Crippen LogP contribution in [0.2, 0.25) is 0 Å². The lowest BCUT2D eigenvalue weighted by Gasteiger charge is -2.14. The van der Waals surface area contributed by atoms with Crippen molar-refractivity contribution in [1.82, 2.24) is 5.32 Å². The van der Waals surface area contributed by atoms with Gasteiger partial charge in [-0.25, -0.2) is 0 Å². The fourth-order valence-corrected chi connectivity index (χ4v) is 2.92. The van der Waals surface area contributed by atoms with Crippen LogP contribution in [0.5, 0.6) is 11.5 Å². The Kier molecular flexibility index (Phi) is 11.4. The highest BCUT2D eigenvalue weighted by Crippen LogP contribution is 2.29. The van der Waals surface area contributed by atoms with Gasteiger partial charge in [-0.15, -0.1) is 24.0 Å². The van der Waals surface area contributed by atoms with Gasteiger partial charge in [-0.3, -0.25) is 4.99 Å². The fraction of sp³-hybridized carbons (Fsp3) is 0.632. The number of nitrogens with one attached hydrogen (secondary N) is 2. The van der Waals surface area contributed by atoms with Crippen molar-refractivity contribution in [2.45, 2.75) is 45.1 Å². The maximum Gasteiger partial charge on any atom is 0.195 e. The number of hydrogen-bond acceptors (Lipinski definition) is 4. The molecule has 1 aliphatic carbocycles. The maximum absolute atomic E-state index is 5.88. The Balaban J connectivity index is 0.00000338. The van der Waals surface area contributed by atoms with Crippen molar-refractivity contribution in [3.05, 3.63) is 18.2 Å². The van der Waals surface area contributed by atoms with Crippen LogP contribution in [0.4, 0.5) is 5.69 Å². The van der Waals surface area contributed by atoms with Crippen LogP contribution in [-0.4, -0.2) is 46.0 Å². The molecule has 1 saturated carbocycles. The average Bonchev–Trinajstić information content (AvgIpc) is 3.14. The van der Waals surface area contributed by atoms with Gasteiger partial charge in [-0.1, -0.05) is 12.8 Å². The van der Waals surface area contributed by atoms with E-state index < -0.39 is 0 Å². The molecule has 0 bridgehead atoms. The minimum absolute atomic E-state index is 0. The standard InChI is InChI=1S/C19H31N3O3.HI/c1-4-20-19(21-12-7-13-25-16-8-5-6-9-16)22-15-10-11-17(23-2)18(14-15)24-3;/h10-11,14,16H,4-9,12-13H2,1-3H3,(H2,20,21,22);1H. The molecule has 0 aliphatic heterocycles. The van der Waals surface area contributed by atoms with Crippen molar-refractivity contribution in [3.63, 3.8) is 0 Å². The molecule has 0 atom stereocenters. The van der Waals surface area contributed by atoms with Gasteiger partial charge in [0.05, 0.1) is 20.3 Å². The van der Waals surface area contributed by atoms with E-state index in [1.807, 2.05) is 18.2 Å². The summed E-state index contributed by atoms with van der Waals surface area (Å²) >= 11 is 0. The second kappa shape index (κ2) is 13.0. The first kappa shape index (κ1) is 22.8. The summed E-state index contributed by atoms with van der Waals surface area (Å²) in [5, 5.41) is 6.56. The number of anilines is 1. The molecule has 6 nitrogen and oxygen atoms in total. The van der Waals surface area contributed by atoms with Crippen molar-refractivity contribution >= 4 is 35.6 Å². The molecule has 0 radical (unpaired) electrons. The van der Waals surface area contributed by atoms with Crippen molar-refractivity contribution in [2.75, 3.05) is 39.2 Å². The molecule has 7 heteroatoms. The van der Waals surface area contributed by atoms with Gasteiger partial charge in [0.15, 0.2) is 17.5 Å². The first-order valence-corrected chi connectivity index (χ1v) is 9.15. The van der Waals surface area contributed by atoms with E-state index >= 15 is 0 Å². The number of hydrogen-bond donors (Lipinski definition) is 2. The van der Waals surface area contributed by atoms with Crippen LogP contribution in [0.15, 0.2) is 23.2 Å². The number of benzene rings is 1. The summed E-state index contributed by atoms with van der Waals surface area (Å²) < 4.78 is 16.5. The average molecular weight is 477 g/mol. The molecule has 0 heterocycles. The lowest BCUT2D eigenvalue weighted by molar-refractivity contribution is 0.0579. The van der Waals surface area contributed by atoms with Crippen LogP contribution >= 0.6 is 24.0 Å². The third-order valence-corrected chi connectivity index (χ3v) is 4.22. The molecule has 0 amide bonds. The Morgan fingerprint density at radius 3 is 2.54 bits per heavy atom. The number of ether oxygens (including phenoxy) is 3. The summed E-state index contributed by atoms with van der Waals surface area (Å²) in [6, 6.07) is 5.71. The van der Waals surface area contributed by atoms with E-state index in [9.17, 15) is 0 Å². The molecule has 0 unspecified atom stereocenters. The highest BCUT2D eigenvalue weighted by Gasteiger charge is 2.14. The van der Waals surface area contributed by atoms with Crippen molar-refractivity contribution in [2.24, 2.45) is 4.99 Å². The number of guanidine groups is 1. The summed E-state index contributed by atoms with van der Waals surface area (Å²) in [7, 11) is 3.26. The molecule has 1 aromatic carbocycles. The number of rotatable bonds is 9. The Morgan fingerprint density at radius 1 is 1.15 bits per heavy atom. The number of halogens is 1. The molecule has 1 aromatic rings. The lowest BCUT2D eigenvalue weighted by Crippen LogP contribution is -2.30. The van der Waals surface area contributed by atoms with Crippen molar-refractivity contribution in [1.29, 1.82) is 0 Å². The third-order valence-electron chi connectivity index (χ3n) is 4.22. The van der Waals surface area contributed by atoms with Gasteiger partial charge in [0.25, 0.3) is 0 Å². The van der Waals surface area contributed by atoms with Crippen LogP contribution in [0.1, 0.15) is 39.0 Å². The third kappa shape index (κ3) is 7.57. The van der Waals surface area contributed by atoms with E-state index in [1.165, 1.54) is 25.7 Å². The monoisotopic (exact) mass is 477 g/mol. The quantitative estimate of drug-likeness (QED) is 0.243. The van der Waals surface area contributed by atoms with Gasteiger partial charge < -0.3 is 24.8 Å². The smallest absolute Gasteiger partial charge is 0.195 e. The van der Waals surface area contributed by atoms with E-state index in [2.05, 4.69) is 22.5 Å². The topological polar surface area (TPSA) is 64.1 Å². The first-order valence-electron chi connectivity index (χ1n) is 9.15. The minimum atomic E-state index is 0. The molecule has 1 aliphatic rings. The Bertz CT molecular complexity index is 549. The van der Waals surface area contributed by atoms with Gasteiger partial charge in [0.1, 0.15) is 0 Å². The van der Waals surface area contributed by atoms with Gasteiger partial charge in [0, 0.05) is 31.5 Å². The highest BCUT2D eigenvalue weighted by atomic mass is 127. The molecule has 26 heavy (non-hydrogen) atoms. The predicted octanol–water partition coefficient (Wildman–Crippen LogP) is 4.05. The largest absolute Gasteiger partial charge is 0.493 e. The first-order chi connectivity index (χ1) is 12.3. The van der Waals surface area contributed by atoms with E-state index in [1.54, 1.807) is 14.2 Å². The van der Waals surface area contributed by atoms with Crippen molar-refractivity contribution < 1.29 is 14.2 Å². The van der Waals surface area contributed by atoms with E-state index in [0.29, 0.717) is 17.6 Å². The molecule has 0 aromatic heterocycles. The Morgan fingerprint density at radius 2 is 1.88 bits per heavy atom. The predicted molar refractivity (Wildman–Crippen MR) is 117 cm³/mol. The van der Waals surface area contributed by atoms with E-state index in [0.717, 1.165) is 37.8 Å². The second-order valence-electron chi connectivity index (χ2n) is 6.09. The van der Waals surface area contributed by atoms with E-state index in [4.69, 9.17) is 14.2 Å². The number of aliphatic imine (C=N–C) groups is 1. The number of nitrogens with zero attached hydrogens (tertiary/aromatic N) is 1. The van der Waals surface area contributed by atoms with Crippen LogP contribution in [-0.2, 0) is 4.74 Å². The second-order valence-corrected chi connectivity index (χ2v) is 6.09. The molecule has 0 spiro atoms. The van der Waals surface area contributed by atoms with E-state index in [-0.39, 0.29) is 24.0 Å². The van der Waals surface area contributed by atoms with Gasteiger partial charge in [-0.05, 0) is 38.3 Å². The summed E-state index contributed by atoms with van der Waals surface area (Å²) in [5.41, 5.74) is 0.902. The van der Waals surface area contributed by atoms with Crippen molar-refractivity contribution in [3.8, 4) is 11.5 Å². The zero-order valence-corrected chi connectivity index (χ0v) is 18.4. The molecule has 148 valence electrons. The molecule has 2 rings (SSSR count). The Hall–Kier alpha value is -1.22. The molecule has 1 fully saturated rings. The summed E-state index contributed by atoms with van der Waals surface area (Å²) in [4.78, 5) is 4.61. The molecular weight excluding hydrogens is 445 g/mol. The molecular formula is C19H32IN3O3. The zero-order chi connectivity index (χ0) is 17.9. The highest BCUT2D eigenvalue weighted by molar-refractivity contribution is 14.0. The fourth-order valence-electron chi connectivity index (χ4n) is 2.92. The summed E-state index contributed by atoms with van der Waals surface area (Å²) in [6.07, 6.45) is 6.45. The van der Waals surface area contributed by atoms with Gasteiger partial charge >= 0.3 is 0 Å². The maximum atomic E-state index is 5.88. The SMILES string of the molecule is CCNC(=NCCCOC1CCCC1)Nc1ccc(OC)c(OC)c1.I. The number of methoxy groups -OCH3 is 2. The van der Waals surface area contributed by atoms with Crippen LogP contribution in [0, 0.1) is 0 Å². The van der Waals surface area contributed by atoms with Crippen LogP contribution in [0.25, 0.3) is 0 Å². The van der Waals surface area contributed by atoms with Crippen LogP contribution < -0.4 is 20.1 Å². The Labute approximate surface area is 174 Å². The lowest BCUT2D eigenvalue weighted by atomic mass is 10.3. The minimum Gasteiger partial charge on any atom is -0.493 e. The van der Waals surface area contributed by atoms with Gasteiger partial charge in [-0.2, -0.15) is 0 Å². The normalized spacial score (nSPS) is 14.7. The summed E-state index contributed by atoms with van der Waals surface area (Å²) in [5.74, 6) is 2.16. The summed E-state index contributed by atoms with van der Waals surface area (Å²) in [6.45, 7) is 4.37. The molecule has 2 N–H and O–H groups in total.